The maximum absolute atomic E-state index is 14.1. The highest BCUT2D eigenvalue weighted by Gasteiger charge is 2.44. The molecule has 0 spiro atoms. The lowest BCUT2D eigenvalue weighted by molar-refractivity contribution is -0.144. The number of β-amino-alcohol motifs (C(OH)–C–C–N with tert-alkyl or cyclic N) is 1. The first-order valence-corrected chi connectivity index (χ1v) is 27.6. The van der Waals surface area contributed by atoms with E-state index in [4.69, 9.17) is 16.3 Å². The third-order valence-corrected chi connectivity index (χ3v) is 15.5. The fourth-order valence-electron chi connectivity index (χ4n) is 8.80. The van der Waals surface area contributed by atoms with E-state index < -0.39 is 36.7 Å². The number of nitrogens with zero attached hydrogens (tertiary/aromatic N) is 5. The third kappa shape index (κ3) is 13.7. The molecule has 5 aromatic rings. The summed E-state index contributed by atoms with van der Waals surface area (Å²) in [4.78, 5) is 71.9. The lowest BCUT2D eigenvalue weighted by Crippen LogP contribution is -2.57. The number of methoxy groups -OCH3 is 1. The molecule has 2 aliphatic heterocycles. The Labute approximate surface area is 424 Å². The maximum Gasteiger partial charge on any atom is 0.246 e. The van der Waals surface area contributed by atoms with Crippen LogP contribution < -0.4 is 41.5 Å². The van der Waals surface area contributed by atoms with Gasteiger partial charge in [0.05, 0.1) is 46.9 Å². The average Bonchev–Trinajstić information content (AvgIpc) is 3.95. The number of benzene rings is 3. The number of carbonyl (C=O) groups excluding carboxylic acids is 4. The Kier molecular flexibility index (Phi) is 17.1. The van der Waals surface area contributed by atoms with Gasteiger partial charge in [0.15, 0.2) is 5.82 Å². The Morgan fingerprint density at radius 2 is 1.68 bits per heavy atom. The predicted octanol–water partition coefficient (Wildman–Crippen LogP) is 7.37. The second kappa shape index (κ2) is 23.0. The zero-order chi connectivity index (χ0) is 51.0. The van der Waals surface area contributed by atoms with Gasteiger partial charge >= 0.3 is 0 Å². The van der Waals surface area contributed by atoms with Crippen molar-refractivity contribution >= 4 is 87.8 Å². The molecule has 1 unspecified atom stereocenters. The van der Waals surface area contributed by atoms with Crippen LogP contribution in [0.2, 0.25) is 5.02 Å². The number of thiazole rings is 1. The summed E-state index contributed by atoms with van der Waals surface area (Å²) in [5.74, 6) is -0.124. The van der Waals surface area contributed by atoms with Crippen LogP contribution in [-0.2, 0) is 30.3 Å². The average molecular weight is 1030 g/mol. The van der Waals surface area contributed by atoms with E-state index in [9.17, 15) is 28.8 Å². The summed E-state index contributed by atoms with van der Waals surface area (Å²) in [6.07, 6.45) is 2.59. The van der Waals surface area contributed by atoms with E-state index in [2.05, 4.69) is 46.4 Å². The second-order valence-corrected chi connectivity index (χ2v) is 24.0. The van der Waals surface area contributed by atoms with Crippen LogP contribution in [0.25, 0.3) is 10.4 Å². The number of carbonyl (C=O) groups is 4. The highest BCUT2D eigenvalue weighted by Crippen LogP contribution is 2.39. The molecule has 4 amide bonds. The molecule has 2 aliphatic rings. The summed E-state index contributed by atoms with van der Waals surface area (Å²) in [5.41, 5.74) is 6.23. The van der Waals surface area contributed by atoms with Gasteiger partial charge in [-0.15, -0.1) is 11.3 Å². The van der Waals surface area contributed by atoms with E-state index in [1.54, 1.807) is 31.8 Å². The largest absolute Gasteiger partial charge is 0.494 e. The van der Waals surface area contributed by atoms with Gasteiger partial charge in [-0.25, -0.2) is 9.97 Å². The van der Waals surface area contributed by atoms with Crippen molar-refractivity contribution in [1.29, 1.82) is 0 Å². The normalized spacial score (nSPS) is 16.8. The molecular weight excluding hydrogens is 963 g/mol. The number of aromatic nitrogens is 3. The molecule has 378 valence electrons. The van der Waals surface area contributed by atoms with Crippen molar-refractivity contribution in [1.82, 2.24) is 35.8 Å². The van der Waals surface area contributed by atoms with E-state index in [1.165, 1.54) is 11.1 Å². The summed E-state index contributed by atoms with van der Waals surface area (Å²) in [6.45, 7) is 12.5. The summed E-state index contributed by atoms with van der Waals surface area (Å²) >= 11 is 8.04. The number of anilines is 5. The van der Waals surface area contributed by atoms with Crippen LogP contribution in [0.4, 0.5) is 28.8 Å². The zero-order valence-electron chi connectivity index (χ0n) is 41.3. The van der Waals surface area contributed by atoms with E-state index in [-0.39, 0.29) is 68.5 Å². The summed E-state index contributed by atoms with van der Waals surface area (Å²) in [5, 5.41) is 27.0. The van der Waals surface area contributed by atoms with Gasteiger partial charge in [0.25, 0.3) is 0 Å². The molecule has 4 heterocycles. The minimum atomic E-state index is -2.59. The second-order valence-electron chi connectivity index (χ2n) is 19.5. The van der Waals surface area contributed by atoms with Crippen molar-refractivity contribution in [3.63, 3.8) is 0 Å². The minimum absolute atomic E-state index is 0.0253. The molecule has 0 radical (unpaired) electrons. The molecular formula is C51H64ClN10O7PS. The molecule has 2 aromatic heterocycles. The van der Waals surface area contributed by atoms with Crippen molar-refractivity contribution in [2.45, 2.75) is 97.0 Å². The molecule has 6 N–H and O–H groups in total. The number of piperidine rings is 1. The highest BCUT2D eigenvalue weighted by atomic mass is 35.5. The number of ether oxygens (including phenoxy) is 1. The molecule has 3 aromatic carbocycles. The maximum atomic E-state index is 14.1. The van der Waals surface area contributed by atoms with Gasteiger partial charge in [0.1, 0.15) is 30.0 Å². The van der Waals surface area contributed by atoms with Crippen LogP contribution in [0.3, 0.4) is 0 Å². The van der Waals surface area contributed by atoms with Gasteiger partial charge in [-0.05, 0) is 80.3 Å². The van der Waals surface area contributed by atoms with E-state index in [0.717, 1.165) is 40.2 Å². The van der Waals surface area contributed by atoms with Crippen molar-refractivity contribution in [3.8, 4) is 16.2 Å². The number of hydrogen-bond donors (Lipinski definition) is 6. The fourth-order valence-corrected chi connectivity index (χ4v) is 10.9. The van der Waals surface area contributed by atoms with Gasteiger partial charge < -0.3 is 50.8 Å². The van der Waals surface area contributed by atoms with Gasteiger partial charge in [0, 0.05) is 68.5 Å². The first-order valence-electron chi connectivity index (χ1n) is 23.8. The fraction of sp³-hybridized carbons (Fsp3) is 0.431. The molecule has 3 atom stereocenters. The molecule has 17 nitrogen and oxygen atoms in total. The smallest absolute Gasteiger partial charge is 0.246 e. The van der Waals surface area contributed by atoms with Crippen molar-refractivity contribution in [3.05, 3.63) is 94.7 Å². The highest BCUT2D eigenvalue weighted by molar-refractivity contribution is 7.70. The summed E-state index contributed by atoms with van der Waals surface area (Å²) < 4.78 is 18.7. The number of aryl methyl sites for hydroxylation is 1. The number of halogens is 1. The molecule has 0 bridgehead atoms. The Morgan fingerprint density at radius 1 is 0.958 bits per heavy atom. The van der Waals surface area contributed by atoms with Crippen molar-refractivity contribution in [2.24, 2.45) is 5.41 Å². The van der Waals surface area contributed by atoms with Crippen LogP contribution in [0, 0.1) is 12.3 Å². The van der Waals surface area contributed by atoms with Crippen LogP contribution in [0.15, 0.2) is 78.4 Å². The van der Waals surface area contributed by atoms with Crippen LogP contribution in [-0.4, -0.2) is 113 Å². The lowest BCUT2D eigenvalue weighted by Gasteiger charge is -2.35. The molecule has 0 saturated carbocycles. The Bertz CT molecular complexity index is 2760. The topological polar surface area (TPSA) is 220 Å². The number of likely N-dealkylation sites (tertiary alicyclic amines) is 1. The Hall–Kier alpha value is -6.07. The third-order valence-electron chi connectivity index (χ3n) is 12.7. The molecule has 2 fully saturated rings. The van der Waals surface area contributed by atoms with Crippen LogP contribution >= 0.6 is 30.1 Å². The lowest BCUT2D eigenvalue weighted by atomic mass is 9.85. The van der Waals surface area contributed by atoms with Gasteiger partial charge in [-0.1, -0.05) is 68.8 Å². The quantitative estimate of drug-likeness (QED) is 0.0473. The van der Waals surface area contributed by atoms with E-state index in [1.807, 2.05) is 99.9 Å². The molecule has 7 rings (SSSR count). The first-order chi connectivity index (χ1) is 33.8. The zero-order valence-corrected chi connectivity index (χ0v) is 43.7. The predicted molar refractivity (Wildman–Crippen MR) is 281 cm³/mol. The van der Waals surface area contributed by atoms with Crippen molar-refractivity contribution in [2.75, 3.05) is 55.6 Å². The number of hydrogen-bond acceptors (Lipinski definition) is 14. The molecule has 20 heteroatoms. The van der Waals surface area contributed by atoms with Gasteiger partial charge in [-0.3, -0.25) is 19.2 Å². The summed E-state index contributed by atoms with van der Waals surface area (Å²) in [6, 6.07) is 19.1. The minimum Gasteiger partial charge on any atom is -0.494 e. The van der Waals surface area contributed by atoms with Crippen LogP contribution in [0.1, 0.15) is 70.6 Å². The standard InChI is InChI=1S/C51H64ClN10O7PS/c1-31-45(71-30-55-31)33-17-15-32(16-18-33)27-53-48(66)40-26-36(63)29-62(40)49(67)46(51(2,3)4)59-44(65)14-10-13-43(64)56-34-21-23-61(24-22-34)35-19-20-38(41(25-35)69-5)58-50-54-28-37(52)47(60-50)57-39-11-8-9-12-42(39)70(6,7)68/h8-9,11-12,15-20,25,28,30,34,36,40,46,63H,10,13-14,21-24,26-27,29H2,1-7H3,(H,53,66)(H,56,64)(H,59,65)(H2,54,57,58,60)/t36-,40+,46?/m1/s1. The first kappa shape index (κ1) is 52.7. The molecule has 2 saturated heterocycles. The van der Waals surface area contributed by atoms with Gasteiger partial charge in [0.2, 0.25) is 29.6 Å². The molecule has 0 aliphatic carbocycles. The number of amides is 4. The van der Waals surface area contributed by atoms with E-state index in [0.29, 0.717) is 46.4 Å². The van der Waals surface area contributed by atoms with E-state index >= 15 is 0 Å². The van der Waals surface area contributed by atoms with Gasteiger partial charge in [-0.2, -0.15) is 4.98 Å². The summed E-state index contributed by atoms with van der Waals surface area (Å²) in [7, 11) is -0.997. The molecule has 71 heavy (non-hydrogen) atoms. The number of aliphatic hydroxyl groups excluding tert-OH is 1. The SMILES string of the molecule is COc1cc(N2CCC(NC(=O)CCCC(=O)NC(C(=O)N3C[C@H](O)C[C@H]3C(=O)NCc3ccc(-c4scnc4C)cc3)C(C)(C)C)CC2)ccc1Nc1ncc(Cl)c(Nc2ccccc2P(C)(C)=O)n1. The number of rotatable bonds is 18. The van der Waals surface area contributed by atoms with Crippen LogP contribution in [0.5, 0.6) is 5.75 Å². The van der Waals surface area contributed by atoms with Crippen molar-refractivity contribution < 1.29 is 33.6 Å². The number of para-hydroxylation sites is 1. The monoisotopic (exact) mass is 1030 g/mol. The Balaban J connectivity index is 0.853. The Morgan fingerprint density at radius 3 is 2.35 bits per heavy atom. The number of nitrogens with one attached hydrogen (secondary N) is 5. The number of aliphatic hydroxyl groups is 1.